The lowest BCUT2D eigenvalue weighted by Gasteiger charge is -2.11. The molecule has 2 aromatic rings. The largest absolute Gasteiger partial charge is 0.326 e. The second-order valence-corrected chi connectivity index (χ2v) is 5.00. The number of aryl methyl sites for hydroxylation is 1. The van der Waals surface area contributed by atoms with Gasteiger partial charge in [-0.3, -0.25) is 0 Å². The molecule has 0 aliphatic heterocycles. The fraction of sp³-hybridized carbons (Fsp3) is 0.143. The van der Waals surface area contributed by atoms with Crippen molar-refractivity contribution in [2.24, 2.45) is 5.73 Å². The lowest BCUT2D eigenvalue weighted by atomic mass is 10.1. The van der Waals surface area contributed by atoms with Crippen molar-refractivity contribution < 1.29 is 8.78 Å². The van der Waals surface area contributed by atoms with Crippen LogP contribution in [0.2, 0.25) is 0 Å². The summed E-state index contributed by atoms with van der Waals surface area (Å²) in [6.45, 7) is 2.31. The molecule has 0 saturated carbocycles. The summed E-state index contributed by atoms with van der Waals surface area (Å²) in [6, 6.07) is 9.18. The van der Waals surface area contributed by atoms with E-state index in [0.717, 1.165) is 28.2 Å². The van der Waals surface area contributed by atoms with Crippen LogP contribution in [0.4, 0.5) is 8.78 Å². The van der Waals surface area contributed by atoms with Gasteiger partial charge >= 0.3 is 0 Å². The molecule has 18 heavy (non-hydrogen) atoms. The fourth-order valence-electron chi connectivity index (χ4n) is 1.69. The summed E-state index contributed by atoms with van der Waals surface area (Å²) in [6.07, 6.45) is 0. The Morgan fingerprint density at radius 2 is 1.94 bits per heavy atom. The van der Waals surface area contributed by atoms with Crippen molar-refractivity contribution in [1.82, 2.24) is 0 Å². The molecule has 4 heteroatoms. The molecule has 1 nitrogen and oxygen atoms in total. The summed E-state index contributed by atoms with van der Waals surface area (Å²) in [5.74, 6) is -0.866. The van der Waals surface area contributed by atoms with Gasteiger partial charge in [0.05, 0.1) is 4.90 Å². The molecule has 0 saturated heterocycles. The second kappa shape index (κ2) is 5.50. The number of hydrogen-bond donors (Lipinski definition) is 1. The van der Waals surface area contributed by atoms with Crippen molar-refractivity contribution in [3.63, 3.8) is 0 Å². The van der Waals surface area contributed by atoms with E-state index in [9.17, 15) is 8.78 Å². The fourth-order valence-corrected chi connectivity index (χ4v) is 2.75. The first-order chi connectivity index (χ1) is 8.61. The van der Waals surface area contributed by atoms with E-state index in [-0.39, 0.29) is 4.90 Å². The van der Waals surface area contributed by atoms with Crippen LogP contribution < -0.4 is 5.73 Å². The minimum atomic E-state index is -0.443. The second-order valence-electron chi connectivity index (χ2n) is 3.94. The van der Waals surface area contributed by atoms with E-state index in [1.54, 1.807) is 0 Å². The Bertz CT molecular complexity index is 570. The van der Waals surface area contributed by atoms with Gasteiger partial charge in [0.15, 0.2) is 0 Å². The molecule has 2 aromatic carbocycles. The third-order valence-corrected chi connectivity index (χ3v) is 3.94. The lowest BCUT2D eigenvalue weighted by Crippen LogP contribution is -1.99. The Hall–Kier alpha value is -1.39. The van der Waals surface area contributed by atoms with Gasteiger partial charge in [0, 0.05) is 11.4 Å². The molecule has 0 aliphatic rings. The van der Waals surface area contributed by atoms with Crippen LogP contribution in [-0.4, -0.2) is 0 Å². The summed E-state index contributed by atoms with van der Waals surface area (Å²) < 4.78 is 26.7. The van der Waals surface area contributed by atoms with Crippen LogP contribution in [0.5, 0.6) is 0 Å². The van der Waals surface area contributed by atoms with Crippen LogP contribution in [0.3, 0.4) is 0 Å². The Kier molecular flexibility index (Phi) is 3.99. The zero-order chi connectivity index (χ0) is 13.1. The molecule has 0 unspecified atom stereocenters. The average Bonchev–Trinajstić information content (AvgIpc) is 2.36. The van der Waals surface area contributed by atoms with Gasteiger partial charge < -0.3 is 5.73 Å². The van der Waals surface area contributed by atoms with Crippen molar-refractivity contribution in [2.45, 2.75) is 23.3 Å². The summed E-state index contributed by atoms with van der Waals surface area (Å²) in [5, 5.41) is 0. The summed E-state index contributed by atoms with van der Waals surface area (Å²) in [7, 11) is 0. The highest BCUT2D eigenvalue weighted by molar-refractivity contribution is 7.99. The molecule has 0 radical (unpaired) electrons. The normalized spacial score (nSPS) is 10.7. The molecule has 0 aliphatic carbocycles. The van der Waals surface area contributed by atoms with Crippen molar-refractivity contribution in [1.29, 1.82) is 0 Å². The third-order valence-electron chi connectivity index (χ3n) is 2.62. The van der Waals surface area contributed by atoms with Crippen molar-refractivity contribution in [3.8, 4) is 0 Å². The minimum Gasteiger partial charge on any atom is -0.326 e. The zero-order valence-corrected chi connectivity index (χ0v) is 10.7. The molecule has 0 fully saturated rings. The minimum absolute atomic E-state index is 0.277. The van der Waals surface area contributed by atoms with Gasteiger partial charge in [-0.1, -0.05) is 30.0 Å². The monoisotopic (exact) mass is 265 g/mol. The lowest BCUT2D eigenvalue weighted by molar-refractivity contribution is 0.577. The van der Waals surface area contributed by atoms with E-state index in [2.05, 4.69) is 0 Å². The zero-order valence-electron chi connectivity index (χ0n) is 9.91. The van der Waals surface area contributed by atoms with Gasteiger partial charge in [-0.15, -0.1) is 0 Å². The molecule has 0 heterocycles. The highest BCUT2D eigenvalue weighted by Gasteiger charge is 2.10. The molecule has 0 spiro atoms. The smallest absolute Gasteiger partial charge is 0.137 e. The average molecular weight is 265 g/mol. The molecule has 0 amide bonds. The Labute approximate surface area is 109 Å². The number of rotatable bonds is 3. The molecule has 94 valence electrons. The standard InChI is InChI=1S/C14H13F2NS/c1-9-3-2-4-10(8-17)14(9)18-13-7-11(15)5-6-12(13)16/h2-7H,8,17H2,1H3. The molecule has 0 bridgehead atoms. The highest BCUT2D eigenvalue weighted by Crippen LogP contribution is 2.34. The molecule has 0 aromatic heterocycles. The van der Waals surface area contributed by atoms with Crippen LogP contribution in [-0.2, 0) is 6.54 Å². The SMILES string of the molecule is Cc1cccc(CN)c1Sc1cc(F)ccc1F. The molecule has 0 atom stereocenters. The maximum Gasteiger partial charge on any atom is 0.137 e. The topological polar surface area (TPSA) is 26.0 Å². The van der Waals surface area contributed by atoms with Crippen LogP contribution in [0.1, 0.15) is 11.1 Å². The van der Waals surface area contributed by atoms with E-state index in [1.165, 1.54) is 17.8 Å². The van der Waals surface area contributed by atoms with Gasteiger partial charge in [-0.2, -0.15) is 0 Å². The first-order valence-electron chi connectivity index (χ1n) is 5.53. The predicted octanol–water partition coefficient (Wildman–Crippen LogP) is 3.88. The first-order valence-corrected chi connectivity index (χ1v) is 6.35. The Morgan fingerprint density at radius 3 is 2.67 bits per heavy atom. The molecular formula is C14H13F2NS. The number of halogens is 2. The quantitative estimate of drug-likeness (QED) is 0.911. The summed E-state index contributed by atoms with van der Waals surface area (Å²) in [4.78, 5) is 1.17. The van der Waals surface area contributed by atoms with E-state index in [0.29, 0.717) is 6.54 Å². The number of hydrogen-bond acceptors (Lipinski definition) is 2. The summed E-state index contributed by atoms with van der Waals surface area (Å²) >= 11 is 1.21. The van der Waals surface area contributed by atoms with Crippen molar-refractivity contribution >= 4 is 11.8 Å². The van der Waals surface area contributed by atoms with Gasteiger partial charge in [0.2, 0.25) is 0 Å². The highest BCUT2D eigenvalue weighted by atomic mass is 32.2. The molecule has 2 N–H and O–H groups in total. The van der Waals surface area contributed by atoms with Gasteiger partial charge in [-0.25, -0.2) is 8.78 Å². The van der Waals surface area contributed by atoms with E-state index >= 15 is 0 Å². The van der Waals surface area contributed by atoms with Crippen LogP contribution in [0.25, 0.3) is 0 Å². The van der Waals surface area contributed by atoms with E-state index in [1.807, 2.05) is 25.1 Å². The van der Waals surface area contributed by atoms with Gasteiger partial charge in [0.25, 0.3) is 0 Å². The maximum absolute atomic E-state index is 13.6. The number of benzene rings is 2. The van der Waals surface area contributed by atoms with Crippen LogP contribution >= 0.6 is 11.8 Å². The Balaban J connectivity index is 2.42. The van der Waals surface area contributed by atoms with Crippen molar-refractivity contribution in [3.05, 3.63) is 59.2 Å². The van der Waals surface area contributed by atoms with E-state index in [4.69, 9.17) is 5.73 Å². The number of nitrogens with two attached hydrogens (primary N) is 1. The van der Waals surface area contributed by atoms with Crippen molar-refractivity contribution in [2.75, 3.05) is 0 Å². The molecule has 2 rings (SSSR count). The molecular weight excluding hydrogens is 252 g/mol. The van der Waals surface area contributed by atoms with Gasteiger partial charge in [0.1, 0.15) is 11.6 Å². The maximum atomic E-state index is 13.6. The van der Waals surface area contributed by atoms with Gasteiger partial charge in [-0.05, 0) is 36.2 Å². The van der Waals surface area contributed by atoms with E-state index < -0.39 is 11.6 Å². The van der Waals surface area contributed by atoms with Crippen LogP contribution in [0.15, 0.2) is 46.2 Å². The summed E-state index contributed by atoms with van der Waals surface area (Å²) in [5.41, 5.74) is 7.60. The van der Waals surface area contributed by atoms with Crippen LogP contribution in [0, 0.1) is 18.6 Å². The predicted molar refractivity (Wildman–Crippen MR) is 69.6 cm³/mol. The Morgan fingerprint density at radius 1 is 1.17 bits per heavy atom. The first kappa shape index (κ1) is 13.1. The third kappa shape index (κ3) is 2.71.